The number of carbonyl (C=O) groups excluding carboxylic acids is 1. The van der Waals surface area contributed by atoms with E-state index in [4.69, 9.17) is 0 Å². The van der Waals surface area contributed by atoms with Crippen molar-refractivity contribution in [1.82, 2.24) is 9.97 Å². The zero-order valence-corrected chi connectivity index (χ0v) is 17.5. The lowest BCUT2D eigenvalue weighted by molar-refractivity contribution is -0.123. The molecule has 0 amide bonds. The van der Waals surface area contributed by atoms with Gasteiger partial charge in [0, 0.05) is 37.5 Å². The van der Waals surface area contributed by atoms with Crippen LogP contribution in [0.1, 0.15) is 60.8 Å². The molecule has 1 aromatic carbocycles. The topological polar surface area (TPSA) is 66.3 Å². The van der Waals surface area contributed by atoms with Crippen molar-refractivity contribution in [2.24, 2.45) is 0 Å². The van der Waals surface area contributed by atoms with Crippen LogP contribution < -0.4 is 4.90 Å². The van der Waals surface area contributed by atoms with Crippen molar-refractivity contribution < 1.29 is 9.90 Å². The van der Waals surface area contributed by atoms with E-state index in [1.165, 1.54) is 0 Å². The summed E-state index contributed by atoms with van der Waals surface area (Å²) in [4.78, 5) is 23.9. The van der Waals surface area contributed by atoms with Gasteiger partial charge in [-0.05, 0) is 74.9 Å². The van der Waals surface area contributed by atoms with Gasteiger partial charge in [0.25, 0.3) is 0 Å². The number of aryl methyl sites for hydroxylation is 2. The Bertz CT molecular complexity index is 892. The first-order valence-corrected chi connectivity index (χ1v) is 10.3. The average Bonchev–Trinajstić information content (AvgIpc) is 2.69. The van der Waals surface area contributed by atoms with Gasteiger partial charge < -0.3 is 10.0 Å². The highest BCUT2D eigenvalue weighted by Crippen LogP contribution is 2.32. The predicted octanol–water partition coefficient (Wildman–Crippen LogP) is 3.56. The Morgan fingerprint density at radius 1 is 1.10 bits per heavy atom. The molecule has 1 saturated heterocycles. The molecule has 1 aliphatic rings. The van der Waals surface area contributed by atoms with Crippen LogP contribution in [0.4, 0.5) is 5.95 Å². The number of aliphatic hydroxyl groups is 1. The lowest BCUT2D eigenvalue weighted by atomic mass is 9.80. The summed E-state index contributed by atoms with van der Waals surface area (Å²) < 4.78 is 0. The molecular weight excluding hydrogens is 362 g/mol. The summed E-state index contributed by atoms with van der Waals surface area (Å²) in [6, 6.07) is 5.84. The van der Waals surface area contributed by atoms with Gasteiger partial charge in [-0.2, -0.15) is 0 Å². The second-order valence-corrected chi connectivity index (χ2v) is 7.69. The standard InChI is InChI=1S/C24H29N3O2/c1-4-8-19-15-17(2)22(18(3)16-19)23-20(28)9-5-13-27(14-6-10-21(23)29)24-25-11-7-12-26-24/h7,11-12,15-16,20,23,28H,5-6,9-10,13-14H2,1-3H3. The van der Waals surface area contributed by atoms with E-state index < -0.39 is 12.0 Å². The molecule has 2 unspecified atom stereocenters. The largest absolute Gasteiger partial charge is 0.392 e. The summed E-state index contributed by atoms with van der Waals surface area (Å²) in [6.07, 6.45) is 5.26. The van der Waals surface area contributed by atoms with Gasteiger partial charge in [-0.1, -0.05) is 5.92 Å². The van der Waals surface area contributed by atoms with Gasteiger partial charge in [0.15, 0.2) is 0 Å². The first-order chi connectivity index (χ1) is 14.0. The predicted molar refractivity (Wildman–Crippen MR) is 115 cm³/mol. The summed E-state index contributed by atoms with van der Waals surface area (Å²) in [5.41, 5.74) is 3.97. The summed E-state index contributed by atoms with van der Waals surface area (Å²) in [6.45, 7) is 7.34. The van der Waals surface area contributed by atoms with Crippen LogP contribution in [0.3, 0.4) is 0 Å². The van der Waals surface area contributed by atoms with Crippen LogP contribution >= 0.6 is 0 Å². The molecule has 0 bridgehead atoms. The minimum atomic E-state index is -0.695. The van der Waals surface area contributed by atoms with Gasteiger partial charge in [0.05, 0.1) is 12.0 Å². The normalized spacial score (nSPS) is 20.7. The maximum Gasteiger partial charge on any atom is 0.225 e. The molecule has 1 N–H and O–H groups in total. The number of rotatable bonds is 2. The summed E-state index contributed by atoms with van der Waals surface area (Å²) >= 11 is 0. The van der Waals surface area contributed by atoms with E-state index in [2.05, 4.69) is 26.7 Å². The lowest BCUT2D eigenvalue weighted by Crippen LogP contribution is -2.34. The summed E-state index contributed by atoms with van der Waals surface area (Å²) in [5.74, 6) is 6.33. The number of aromatic nitrogens is 2. The number of ketones is 1. The fourth-order valence-corrected chi connectivity index (χ4v) is 4.27. The molecule has 2 heterocycles. The van der Waals surface area contributed by atoms with E-state index in [9.17, 15) is 9.90 Å². The molecule has 29 heavy (non-hydrogen) atoms. The van der Waals surface area contributed by atoms with E-state index >= 15 is 0 Å². The molecule has 1 aromatic heterocycles. The second kappa shape index (κ2) is 9.67. The summed E-state index contributed by atoms with van der Waals surface area (Å²) in [7, 11) is 0. The maximum atomic E-state index is 13.2. The van der Waals surface area contributed by atoms with Crippen molar-refractivity contribution in [1.29, 1.82) is 0 Å². The van der Waals surface area contributed by atoms with E-state index in [1.807, 2.05) is 32.9 Å². The molecule has 5 nitrogen and oxygen atoms in total. The Balaban J connectivity index is 1.84. The second-order valence-electron chi connectivity index (χ2n) is 7.69. The molecule has 0 aliphatic carbocycles. The molecule has 2 atom stereocenters. The van der Waals surface area contributed by atoms with Crippen molar-refractivity contribution in [2.45, 2.75) is 58.5 Å². The first kappa shape index (κ1) is 21.0. The number of benzene rings is 1. The smallest absolute Gasteiger partial charge is 0.225 e. The highest BCUT2D eigenvalue weighted by molar-refractivity contribution is 5.87. The number of hydrogen-bond acceptors (Lipinski definition) is 5. The van der Waals surface area contributed by atoms with Crippen LogP contribution in [0, 0.1) is 25.7 Å². The van der Waals surface area contributed by atoms with Crippen LogP contribution in [-0.2, 0) is 4.79 Å². The highest BCUT2D eigenvalue weighted by Gasteiger charge is 2.31. The summed E-state index contributed by atoms with van der Waals surface area (Å²) in [5, 5.41) is 11.0. The van der Waals surface area contributed by atoms with Crippen molar-refractivity contribution in [3.8, 4) is 11.8 Å². The number of nitrogens with zero attached hydrogens (tertiary/aromatic N) is 3. The van der Waals surface area contributed by atoms with Gasteiger partial charge >= 0.3 is 0 Å². The molecule has 1 fully saturated rings. The van der Waals surface area contributed by atoms with Gasteiger partial charge in [0.1, 0.15) is 5.78 Å². The van der Waals surface area contributed by atoms with Gasteiger partial charge in [-0.25, -0.2) is 9.97 Å². The zero-order valence-electron chi connectivity index (χ0n) is 17.5. The third-order valence-corrected chi connectivity index (χ3v) is 5.52. The van der Waals surface area contributed by atoms with Crippen LogP contribution in [0.5, 0.6) is 0 Å². The quantitative estimate of drug-likeness (QED) is 0.793. The van der Waals surface area contributed by atoms with Crippen LogP contribution in [0.25, 0.3) is 0 Å². The molecule has 0 spiro atoms. The zero-order chi connectivity index (χ0) is 20.8. The molecule has 1 aliphatic heterocycles. The number of carbonyl (C=O) groups is 1. The lowest BCUT2D eigenvalue weighted by Gasteiger charge is -2.29. The molecule has 152 valence electrons. The van der Waals surface area contributed by atoms with Gasteiger partial charge in [-0.3, -0.25) is 4.79 Å². The van der Waals surface area contributed by atoms with E-state index in [1.54, 1.807) is 18.5 Å². The first-order valence-electron chi connectivity index (χ1n) is 10.3. The van der Waals surface area contributed by atoms with Gasteiger partial charge in [-0.15, -0.1) is 5.92 Å². The fourth-order valence-electron chi connectivity index (χ4n) is 4.27. The molecular formula is C24H29N3O2. The van der Waals surface area contributed by atoms with Crippen molar-refractivity contribution in [3.63, 3.8) is 0 Å². The minimum absolute atomic E-state index is 0.105. The third-order valence-electron chi connectivity index (χ3n) is 5.52. The van der Waals surface area contributed by atoms with Crippen molar-refractivity contribution >= 4 is 11.7 Å². The van der Waals surface area contributed by atoms with Crippen LogP contribution in [0.15, 0.2) is 30.6 Å². The third kappa shape index (κ3) is 5.02. The number of hydrogen-bond donors (Lipinski definition) is 1. The van der Waals surface area contributed by atoms with Gasteiger partial charge in [0.2, 0.25) is 5.95 Å². The monoisotopic (exact) mass is 391 g/mol. The Morgan fingerprint density at radius 2 is 1.76 bits per heavy atom. The highest BCUT2D eigenvalue weighted by atomic mass is 16.3. The van der Waals surface area contributed by atoms with E-state index in [0.29, 0.717) is 18.8 Å². The Morgan fingerprint density at radius 3 is 2.41 bits per heavy atom. The van der Waals surface area contributed by atoms with Crippen LogP contribution in [0.2, 0.25) is 0 Å². The number of aliphatic hydroxyl groups excluding tert-OH is 1. The molecule has 0 radical (unpaired) electrons. The molecule has 5 heteroatoms. The van der Waals surface area contributed by atoms with E-state index in [0.717, 1.165) is 48.2 Å². The maximum absolute atomic E-state index is 13.2. The molecule has 3 rings (SSSR count). The fraction of sp³-hybridized carbons (Fsp3) is 0.458. The Hall–Kier alpha value is -2.71. The van der Waals surface area contributed by atoms with E-state index in [-0.39, 0.29) is 5.78 Å². The van der Waals surface area contributed by atoms with Crippen molar-refractivity contribution in [3.05, 3.63) is 52.8 Å². The Labute approximate surface area is 173 Å². The average molecular weight is 392 g/mol. The molecule has 0 saturated carbocycles. The SMILES string of the molecule is CC#Cc1cc(C)c(C2C(=O)CCCN(c3ncccn3)CCCC2O)c(C)c1. The number of anilines is 1. The molecule has 2 aromatic rings. The number of Topliss-reactive ketones (excluding diaryl/α,β-unsaturated/α-hetero) is 1. The Kier molecular flexibility index (Phi) is 7.00. The van der Waals surface area contributed by atoms with Crippen LogP contribution in [-0.4, -0.2) is 40.1 Å². The van der Waals surface area contributed by atoms with Crippen molar-refractivity contribution in [2.75, 3.05) is 18.0 Å². The minimum Gasteiger partial charge on any atom is -0.392 e.